The van der Waals surface area contributed by atoms with E-state index in [1.807, 2.05) is 26.2 Å². The molecule has 0 fully saturated rings. The summed E-state index contributed by atoms with van der Waals surface area (Å²) in [6.07, 6.45) is -7.77. The lowest BCUT2D eigenvalue weighted by molar-refractivity contribution is -0.139. The Labute approximate surface area is 312 Å². The van der Waals surface area contributed by atoms with Gasteiger partial charge in [-0.25, -0.2) is 4.98 Å². The van der Waals surface area contributed by atoms with Gasteiger partial charge in [0.05, 0.1) is 42.4 Å². The van der Waals surface area contributed by atoms with Crippen LogP contribution in [0.5, 0.6) is 11.5 Å². The van der Waals surface area contributed by atoms with E-state index in [2.05, 4.69) is 30.4 Å². The molecule has 0 spiro atoms. The molecule has 4 heterocycles. The molecule has 55 heavy (non-hydrogen) atoms. The summed E-state index contributed by atoms with van der Waals surface area (Å²) in [4.78, 5) is 38.1. The van der Waals surface area contributed by atoms with E-state index in [1.54, 1.807) is 13.0 Å². The van der Waals surface area contributed by atoms with Crippen LogP contribution in [0.15, 0.2) is 48.5 Å². The van der Waals surface area contributed by atoms with Crippen molar-refractivity contribution in [3.8, 4) is 17.6 Å². The molecule has 4 aromatic rings. The first-order valence-electron chi connectivity index (χ1n) is 16.8. The monoisotopic (exact) mass is 769 g/mol. The van der Waals surface area contributed by atoms with E-state index in [0.29, 0.717) is 30.9 Å². The smallest absolute Gasteiger partial charge is 0.419 e. The number of rotatable bonds is 6. The van der Waals surface area contributed by atoms with Crippen LogP contribution < -0.4 is 20.1 Å². The molecule has 17 heteroatoms. The fourth-order valence-electron chi connectivity index (χ4n) is 6.17. The Kier molecular flexibility index (Phi) is 12.0. The van der Waals surface area contributed by atoms with E-state index in [1.165, 1.54) is 12.1 Å². The Bertz CT molecular complexity index is 2150. The average Bonchev–Trinajstić information content (AvgIpc) is 3.13. The van der Waals surface area contributed by atoms with E-state index < -0.39 is 35.3 Å². The van der Waals surface area contributed by atoms with E-state index >= 15 is 0 Å². The van der Waals surface area contributed by atoms with E-state index in [-0.39, 0.29) is 34.0 Å². The van der Waals surface area contributed by atoms with E-state index in [4.69, 9.17) is 9.47 Å². The fraction of sp³-hybridized carbons (Fsp3) is 0.342. The van der Waals surface area contributed by atoms with Crippen LogP contribution >= 0.6 is 0 Å². The molecule has 2 N–H and O–H groups in total. The highest BCUT2D eigenvalue weighted by Gasteiger charge is 2.36. The Balaban J connectivity index is 0.000000211. The molecular weight excluding hydrogens is 732 g/mol. The highest BCUT2D eigenvalue weighted by Crippen LogP contribution is 2.38. The number of nitrogens with one attached hydrogen (secondary N) is 2. The van der Waals surface area contributed by atoms with Crippen molar-refractivity contribution < 1.29 is 45.4 Å². The van der Waals surface area contributed by atoms with E-state index in [9.17, 15) is 41.2 Å². The van der Waals surface area contributed by atoms with Crippen molar-refractivity contribution in [2.75, 3.05) is 52.0 Å². The summed E-state index contributed by atoms with van der Waals surface area (Å²) in [6.45, 7) is 4.81. The van der Waals surface area contributed by atoms with Crippen LogP contribution in [-0.2, 0) is 38.3 Å². The predicted molar refractivity (Wildman–Crippen MR) is 190 cm³/mol. The lowest BCUT2D eigenvalue weighted by atomic mass is 10.0. The summed E-state index contributed by atoms with van der Waals surface area (Å²) >= 11 is 0. The van der Waals surface area contributed by atoms with Gasteiger partial charge in [0.2, 0.25) is 0 Å². The summed E-state index contributed by atoms with van der Waals surface area (Å²) < 4.78 is 88.5. The normalized spacial score (nSPS) is 14.4. The van der Waals surface area contributed by atoms with Gasteiger partial charge in [-0.05, 0) is 80.7 Å². The Morgan fingerprint density at radius 2 is 1.16 bits per heavy atom. The first kappa shape index (κ1) is 40.5. The van der Waals surface area contributed by atoms with Crippen molar-refractivity contribution >= 4 is 23.2 Å². The number of carbonyl (C=O) groups excluding carboxylic acids is 2. The largest absolute Gasteiger partial charge is 0.496 e. The van der Waals surface area contributed by atoms with Crippen molar-refractivity contribution in [2.24, 2.45) is 0 Å². The zero-order chi connectivity index (χ0) is 40.2. The van der Waals surface area contributed by atoms with Crippen LogP contribution in [0.4, 0.5) is 37.7 Å². The van der Waals surface area contributed by atoms with Gasteiger partial charge in [-0.2, -0.15) is 31.6 Å². The number of hydrogen-bond donors (Lipinski definition) is 2. The SMILES string of the molecule is COc1ccc(C(=O)Nc2cc3c(nc2C#N)CCN(C)C3)cc1C(F)(F)F.COc1ccc(C(=O)Nc2cc3c(nc2C)CCN(C)C3)cc1C(F)(F)F. The summed E-state index contributed by atoms with van der Waals surface area (Å²) in [7, 11) is 6.22. The molecule has 0 bridgehead atoms. The lowest BCUT2D eigenvalue weighted by Crippen LogP contribution is -2.28. The molecule has 11 nitrogen and oxygen atoms in total. The summed E-state index contributed by atoms with van der Waals surface area (Å²) in [5, 5.41) is 14.5. The topological polar surface area (TPSA) is 133 Å². The quantitative estimate of drug-likeness (QED) is 0.202. The summed E-state index contributed by atoms with van der Waals surface area (Å²) in [6, 6.07) is 11.7. The number of alkyl halides is 6. The van der Waals surface area contributed by atoms with Gasteiger partial charge < -0.3 is 29.9 Å². The van der Waals surface area contributed by atoms with Gasteiger partial charge in [-0.1, -0.05) is 0 Å². The van der Waals surface area contributed by atoms with Crippen molar-refractivity contribution in [3.63, 3.8) is 0 Å². The number of amides is 2. The van der Waals surface area contributed by atoms with Crippen molar-refractivity contribution in [3.05, 3.63) is 105 Å². The first-order valence-corrected chi connectivity index (χ1v) is 16.8. The maximum Gasteiger partial charge on any atom is 0.419 e. The molecule has 0 radical (unpaired) electrons. The van der Waals surface area contributed by atoms with Gasteiger partial charge in [0.1, 0.15) is 17.6 Å². The van der Waals surface area contributed by atoms with Gasteiger partial charge in [0.15, 0.2) is 5.69 Å². The number of hydrogen-bond acceptors (Lipinski definition) is 9. The maximum absolute atomic E-state index is 13.2. The van der Waals surface area contributed by atoms with Crippen molar-refractivity contribution in [1.82, 2.24) is 19.8 Å². The zero-order valence-corrected chi connectivity index (χ0v) is 30.5. The molecule has 2 aromatic carbocycles. The third kappa shape index (κ3) is 9.51. The van der Waals surface area contributed by atoms with Crippen LogP contribution in [-0.4, -0.2) is 73.0 Å². The van der Waals surface area contributed by atoms with Crippen molar-refractivity contribution in [2.45, 2.75) is 45.2 Å². The number of carbonyl (C=O) groups is 2. The standard InChI is InChI=1S/C19H17F3N4O2.C19H20F3N3O2/c1-26-6-5-14-12(10-26)8-15(16(9-23)24-14)25-18(27)11-3-4-17(28-2)13(7-11)19(20,21)22;1-11-16(9-13-10-25(2)7-6-15(13)23-11)24-18(26)12-4-5-17(27-3)14(8-12)19(20,21)22/h3-4,7-8H,5-6,10H2,1-2H3,(H,25,27);4-5,8-9H,6-7,10H2,1-3H3,(H,24,26). The number of benzene rings is 2. The minimum Gasteiger partial charge on any atom is -0.496 e. The Hall–Kier alpha value is -5.73. The number of ether oxygens (including phenoxy) is 2. The predicted octanol–water partition coefficient (Wildman–Crippen LogP) is 6.88. The molecule has 0 saturated heterocycles. The van der Waals surface area contributed by atoms with Crippen LogP contribution in [0.3, 0.4) is 0 Å². The first-order chi connectivity index (χ1) is 25.9. The number of halogens is 6. The third-order valence-corrected chi connectivity index (χ3v) is 9.05. The number of likely N-dealkylation sites (N-methyl/N-ethyl adjacent to an activating group) is 2. The maximum atomic E-state index is 13.2. The highest BCUT2D eigenvalue weighted by atomic mass is 19.4. The molecule has 0 atom stereocenters. The minimum atomic E-state index is -4.67. The zero-order valence-electron chi connectivity index (χ0n) is 30.5. The number of anilines is 2. The van der Waals surface area contributed by atoms with Crippen LogP contribution in [0.25, 0.3) is 0 Å². The third-order valence-electron chi connectivity index (χ3n) is 9.05. The van der Waals surface area contributed by atoms with Crippen molar-refractivity contribution in [1.29, 1.82) is 5.26 Å². The molecule has 2 aliphatic heterocycles. The molecule has 2 aromatic heterocycles. The van der Waals surface area contributed by atoms with E-state index in [0.717, 1.165) is 80.5 Å². The minimum absolute atomic E-state index is 0.0289. The number of nitriles is 1. The second kappa shape index (κ2) is 16.3. The van der Waals surface area contributed by atoms with Gasteiger partial charge in [0, 0.05) is 61.5 Å². The lowest BCUT2D eigenvalue weighted by Gasteiger charge is -2.25. The number of aryl methyl sites for hydroxylation is 1. The van der Waals surface area contributed by atoms with Crippen LogP contribution in [0, 0.1) is 18.3 Å². The number of methoxy groups -OCH3 is 2. The van der Waals surface area contributed by atoms with Gasteiger partial charge in [-0.15, -0.1) is 0 Å². The number of fused-ring (bicyclic) bond motifs is 2. The second-order valence-electron chi connectivity index (χ2n) is 13.0. The molecular formula is C38H37F6N7O4. The van der Waals surface area contributed by atoms with Gasteiger partial charge in [0.25, 0.3) is 11.8 Å². The fourth-order valence-corrected chi connectivity index (χ4v) is 6.17. The average molecular weight is 770 g/mol. The molecule has 2 aliphatic rings. The highest BCUT2D eigenvalue weighted by molar-refractivity contribution is 6.05. The molecule has 0 unspecified atom stereocenters. The van der Waals surface area contributed by atoms with Crippen LogP contribution in [0.2, 0.25) is 0 Å². The summed E-state index contributed by atoms with van der Waals surface area (Å²) in [5.41, 5.74) is 2.66. The Morgan fingerprint density at radius 1 is 0.727 bits per heavy atom. The van der Waals surface area contributed by atoms with Gasteiger partial charge >= 0.3 is 12.4 Å². The Morgan fingerprint density at radius 3 is 1.60 bits per heavy atom. The molecule has 2 amide bonds. The number of nitrogens with zero attached hydrogens (tertiary/aromatic N) is 5. The number of aromatic nitrogens is 2. The van der Waals surface area contributed by atoms with Gasteiger partial charge in [-0.3, -0.25) is 14.6 Å². The summed E-state index contributed by atoms with van der Waals surface area (Å²) in [5.74, 6) is -2.10. The molecule has 290 valence electrons. The number of pyridine rings is 2. The van der Waals surface area contributed by atoms with Crippen LogP contribution in [0.1, 0.15) is 65.7 Å². The molecule has 0 saturated carbocycles. The second-order valence-corrected chi connectivity index (χ2v) is 13.0. The molecule has 6 rings (SSSR count). The molecule has 0 aliphatic carbocycles.